The van der Waals surface area contributed by atoms with Crippen molar-refractivity contribution in [3.8, 4) is 0 Å². The second-order valence-corrected chi connectivity index (χ2v) is 7.40. The minimum atomic E-state index is -3.43. The van der Waals surface area contributed by atoms with Crippen LogP contribution in [0.1, 0.15) is 36.2 Å². The Morgan fingerprint density at radius 3 is 2.62 bits per heavy atom. The van der Waals surface area contributed by atoms with Crippen LogP contribution in [0.4, 0.5) is 5.69 Å². The third kappa shape index (κ3) is 4.32. The summed E-state index contributed by atoms with van der Waals surface area (Å²) in [7, 11) is -3.43. The van der Waals surface area contributed by atoms with E-state index in [0.717, 1.165) is 6.42 Å². The van der Waals surface area contributed by atoms with E-state index in [1.54, 1.807) is 6.07 Å². The van der Waals surface area contributed by atoms with Gasteiger partial charge in [0.1, 0.15) is 0 Å². The molecule has 1 fully saturated rings. The highest BCUT2D eigenvalue weighted by Gasteiger charge is 2.29. The Kier molecular flexibility index (Phi) is 4.37. The Balaban J connectivity index is 2.30. The summed E-state index contributed by atoms with van der Waals surface area (Å²) in [6.45, 7) is 3.68. The van der Waals surface area contributed by atoms with E-state index in [0.29, 0.717) is 17.4 Å². The third-order valence-corrected chi connectivity index (χ3v) is 4.87. The van der Waals surface area contributed by atoms with Crippen molar-refractivity contribution in [3.63, 3.8) is 0 Å². The Morgan fingerprint density at radius 2 is 2.10 bits per heavy atom. The molecule has 2 N–H and O–H groups in total. The monoisotopic (exact) mass is 309 g/mol. The number of hydrogen-bond acceptors (Lipinski definition) is 3. The van der Waals surface area contributed by atoms with Gasteiger partial charge in [0.15, 0.2) is 0 Å². The number of benzene rings is 1. The number of rotatable bonds is 6. The first kappa shape index (κ1) is 15.6. The van der Waals surface area contributed by atoms with E-state index in [-0.39, 0.29) is 17.0 Å². The van der Waals surface area contributed by atoms with Crippen molar-refractivity contribution in [3.05, 3.63) is 35.4 Å². The lowest BCUT2D eigenvalue weighted by atomic mass is 10.1. The normalized spacial score (nSPS) is 21.4. The number of carbonyl (C=O) groups is 1. The third-order valence-electron chi connectivity index (χ3n) is 3.56. The van der Waals surface area contributed by atoms with Gasteiger partial charge in [-0.15, -0.1) is 0 Å². The molecule has 0 radical (unpaired) electrons. The lowest BCUT2D eigenvalue weighted by Gasteiger charge is -2.08. The fourth-order valence-corrected chi connectivity index (χ4v) is 2.66. The van der Waals surface area contributed by atoms with Gasteiger partial charge < -0.3 is 5.11 Å². The van der Waals surface area contributed by atoms with Gasteiger partial charge in [-0.3, -0.25) is 4.72 Å². The number of aromatic carboxylic acids is 1. The fraction of sp³-hybridized carbons (Fsp3) is 0.400. The van der Waals surface area contributed by atoms with Gasteiger partial charge in [0.25, 0.3) is 0 Å². The van der Waals surface area contributed by atoms with E-state index in [2.05, 4.69) is 11.6 Å². The Labute approximate surface area is 124 Å². The summed E-state index contributed by atoms with van der Waals surface area (Å²) in [5.74, 6) is 0.0629. The minimum absolute atomic E-state index is 0.0605. The standard InChI is InChI=1S/C15H19NO4S/c1-3-21(19,20)16-14-8-11(4-5-12-6-10(12)2)7-13(9-14)15(17)18/h4-5,7-10,12,16H,3,6H2,1-2H3,(H,17,18)/b5-4-. The van der Waals surface area contributed by atoms with Gasteiger partial charge in [-0.1, -0.05) is 19.1 Å². The summed E-state index contributed by atoms with van der Waals surface area (Å²) >= 11 is 0. The highest BCUT2D eigenvalue weighted by molar-refractivity contribution is 7.92. The van der Waals surface area contributed by atoms with Crippen LogP contribution in [0.15, 0.2) is 24.3 Å². The van der Waals surface area contributed by atoms with Crippen molar-refractivity contribution in [2.45, 2.75) is 20.3 Å². The molecule has 0 saturated heterocycles. The van der Waals surface area contributed by atoms with Crippen LogP contribution in [-0.2, 0) is 10.0 Å². The topological polar surface area (TPSA) is 83.5 Å². The first-order chi connectivity index (χ1) is 9.80. The summed E-state index contributed by atoms with van der Waals surface area (Å²) in [5.41, 5.74) is 1.03. The number of anilines is 1. The zero-order valence-electron chi connectivity index (χ0n) is 12.0. The Hall–Kier alpha value is -1.82. The van der Waals surface area contributed by atoms with E-state index in [4.69, 9.17) is 5.11 Å². The highest BCUT2D eigenvalue weighted by Crippen LogP contribution is 2.39. The number of hydrogen-bond donors (Lipinski definition) is 2. The summed E-state index contributed by atoms with van der Waals surface area (Å²) < 4.78 is 25.6. The zero-order chi connectivity index (χ0) is 15.6. The van der Waals surface area contributed by atoms with Crippen LogP contribution in [0.25, 0.3) is 6.08 Å². The summed E-state index contributed by atoms with van der Waals surface area (Å²) in [4.78, 5) is 11.1. The van der Waals surface area contributed by atoms with Crippen molar-refractivity contribution in [1.82, 2.24) is 0 Å². The molecule has 5 nitrogen and oxygen atoms in total. The molecule has 0 amide bonds. The van der Waals surface area contributed by atoms with Crippen molar-refractivity contribution in [1.29, 1.82) is 0 Å². The average molecular weight is 309 g/mol. The molecule has 1 aromatic carbocycles. The lowest BCUT2D eigenvalue weighted by molar-refractivity contribution is 0.0697. The molecule has 2 atom stereocenters. The van der Waals surface area contributed by atoms with E-state index in [1.165, 1.54) is 19.1 Å². The summed E-state index contributed by atoms with van der Waals surface area (Å²) in [6.07, 6.45) is 5.04. The smallest absolute Gasteiger partial charge is 0.335 e. The number of allylic oxidation sites excluding steroid dienone is 1. The molecular formula is C15H19NO4S. The number of nitrogens with one attached hydrogen (secondary N) is 1. The van der Waals surface area contributed by atoms with Crippen molar-refractivity contribution >= 4 is 27.8 Å². The highest BCUT2D eigenvalue weighted by atomic mass is 32.2. The molecule has 2 rings (SSSR count). The van der Waals surface area contributed by atoms with Gasteiger partial charge in [0.05, 0.1) is 11.3 Å². The SMILES string of the molecule is CCS(=O)(=O)Nc1cc(/C=C\C2CC2C)cc(C(=O)O)c1. The molecule has 0 spiro atoms. The van der Waals surface area contributed by atoms with Crippen molar-refractivity contribution < 1.29 is 18.3 Å². The quantitative estimate of drug-likeness (QED) is 0.846. The van der Waals surface area contributed by atoms with Gasteiger partial charge in [-0.2, -0.15) is 0 Å². The van der Waals surface area contributed by atoms with E-state index < -0.39 is 16.0 Å². The van der Waals surface area contributed by atoms with Gasteiger partial charge >= 0.3 is 5.97 Å². The fourth-order valence-electron chi connectivity index (χ4n) is 2.04. The zero-order valence-corrected chi connectivity index (χ0v) is 12.9. The molecule has 114 valence electrons. The number of carboxylic acid groups (broad SMARTS) is 1. The number of sulfonamides is 1. The van der Waals surface area contributed by atoms with Crippen LogP contribution < -0.4 is 4.72 Å². The van der Waals surface area contributed by atoms with Crippen LogP contribution >= 0.6 is 0 Å². The van der Waals surface area contributed by atoms with E-state index in [9.17, 15) is 13.2 Å². The van der Waals surface area contributed by atoms with Gasteiger partial charge in [0, 0.05) is 5.69 Å². The molecule has 0 aromatic heterocycles. The lowest BCUT2D eigenvalue weighted by Crippen LogP contribution is -2.15. The first-order valence-electron chi connectivity index (χ1n) is 6.88. The number of carboxylic acids is 1. The van der Waals surface area contributed by atoms with Gasteiger partial charge in [-0.25, -0.2) is 13.2 Å². The van der Waals surface area contributed by atoms with Crippen molar-refractivity contribution in [2.75, 3.05) is 10.5 Å². The molecule has 1 saturated carbocycles. The summed E-state index contributed by atoms with van der Waals surface area (Å²) in [5, 5.41) is 9.12. The maximum atomic E-state index is 11.6. The van der Waals surface area contributed by atoms with Gasteiger partial charge in [0.2, 0.25) is 10.0 Å². The maximum absolute atomic E-state index is 11.6. The summed E-state index contributed by atoms with van der Waals surface area (Å²) in [6, 6.07) is 4.51. The molecule has 21 heavy (non-hydrogen) atoms. The van der Waals surface area contributed by atoms with Crippen LogP contribution in [0.2, 0.25) is 0 Å². The first-order valence-corrected chi connectivity index (χ1v) is 8.53. The molecule has 1 aromatic rings. The second-order valence-electron chi connectivity index (χ2n) is 5.39. The van der Waals surface area contributed by atoms with Gasteiger partial charge in [-0.05, 0) is 48.9 Å². The van der Waals surface area contributed by atoms with Crippen molar-refractivity contribution in [2.24, 2.45) is 11.8 Å². The Bertz CT molecular complexity index is 679. The van der Waals surface area contributed by atoms with Crippen LogP contribution in [-0.4, -0.2) is 25.2 Å². The molecule has 1 aliphatic carbocycles. The minimum Gasteiger partial charge on any atom is -0.478 e. The molecule has 0 heterocycles. The van der Waals surface area contributed by atoms with Crippen LogP contribution in [0.5, 0.6) is 0 Å². The molecular weight excluding hydrogens is 290 g/mol. The predicted molar refractivity (Wildman–Crippen MR) is 82.8 cm³/mol. The largest absolute Gasteiger partial charge is 0.478 e. The molecule has 2 unspecified atom stereocenters. The van der Waals surface area contributed by atoms with Crippen LogP contribution in [0, 0.1) is 11.8 Å². The molecule has 0 bridgehead atoms. The average Bonchev–Trinajstić information content (AvgIpc) is 3.11. The predicted octanol–water partition coefficient (Wildman–Crippen LogP) is 2.82. The maximum Gasteiger partial charge on any atom is 0.335 e. The van der Waals surface area contributed by atoms with E-state index in [1.807, 2.05) is 12.2 Å². The molecule has 1 aliphatic rings. The van der Waals surface area contributed by atoms with E-state index >= 15 is 0 Å². The van der Waals surface area contributed by atoms with Crippen LogP contribution in [0.3, 0.4) is 0 Å². The molecule has 0 aliphatic heterocycles. The molecule has 6 heteroatoms. The Morgan fingerprint density at radius 1 is 1.43 bits per heavy atom. The second kappa shape index (κ2) is 5.89.